The van der Waals surface area contributed by atoms with Crippen molar-refractivity contribution in [3.63, 3.8) is 0 Å². The molecule has 1 fully saturated rings. The summed E-state index contributed by atoms with van der Waals surface area (Å²) in [7, 11) is 0. The minimum absolute atomic E-state index is 0.0154. The number of benzene rings is 1. The third-order valence-electron chi connectivity index (χ3n) is 3.16. The number of halogens is 3. The molecule has 1 saturated heterocycles. The number of pyridine rings is 1. The number of amides is 1. The molecule has 1 aliphatic rings. The largest absolute Gasteiger partial charge is 0.439 e. The van der Waals surface area contributed by atoms with Crippen LogP contribution in [0.5, 0.6) is 0 Å². The second-order valence-corrected chi connectivity index (χ2v) is 5.47. The van der Waals surface area contributed by atoms with Crippen LogP contribution in [0.2, 0.25) is 0 Å². The van der Waals surface area contributed by atoms with Crippen molar-refractivity contribution in [1.82, 2.24) is 10.3 Å². The second kappa shape index (κ2) is 5.40. The zero-order valence-corrected chi connectivity index (χ0v) is 12.1. The summed E-state index contributed by atoms with van der Waals surface area (Å²) in [5, 5.41) is 2.58. The Hall–Kier alpha value is -2.02. The van der Waals surface area contributed by atoms with Crippen molar-refractivity contribution in [2.24, 2.45) is 0 Å². The van der Waals surface area contributed by atoms with Crippen molar-refractivity contribution < 1.29 is 18.3 Å². The number of cyclic esters (lactones) is 1. The van der Waals surface area contributed by atoms with E-state index in [1.807, 2.05) is 0 Å². The molecule has 2 aromatic rings. The fourth-order valence-electron chi connectivity index (χ4n) is 2.25. The highest BCUT2D eigenvalue weighted by Gasteiger charge is 2.38. The Labute approximate surface area is 127 Å². The van der Waals surface area contributed by atoms with Crippen LogP contribution in [0.3, 0.4) is 0 Å². The average Bonchev–Trinajstić information content (AvgIpc) is 2.83. The maximum Gasteiger partial charge on any atom is 0.408 e. The Bertz CT molecular complexity index is 711. The number of rotatable bonds is 2. The smallest absolute Gasteiger partial charge is 0.408 e. The summed E-state index contributed by atoms with van der Waals surface area (Å²) in [5.74, 6) is -1.23. The van der Waals surface area contributed by atoms with Gasteiger partial charge in [0.05, 0.1) is 0 Å². The number of hydrogen-bond acceptors (Lipinski definition) is 3. The van der Waals surface area contributed by atoms with Gasteiger partial charge in [-0.2, -0.15) is 0 Å². The second-order valence-electron chi connectivity index (χ2n) is 4.55. The van der Waals surface area contributed by atoms with Crippen molar-refractivity contribution in [2.45, 2.75) is 12.1 Å². The SMILES string of the molecule is O=C1NC(c2cncc(Br)c2)C(c2cc(F)ccc2F)O1. The van der Waals surface area contributed by atoms with E-state index < -0.39 is 29.9 Å². The predicted octanol–water partition coefficient (Wildman–Crippen LogP) is 3.64. The quantitative estimate of drug-likeness (QED) is 0.895. The van der Waals surface area contributed by atoms with Crippen molar-refractivity contribution in [3.05, 3.63) is 63.9 Å². The van der Waals surface area contributed by atoms with Crippen LogP contribution >= 0.6 is 15.9 Å². The highest BCUT2D eigenvalue weighted by Crippen LogP contribution is 2.38. The van der Waals surface area contributed by atoms with Gasteiger partial charge in [-0.15, -0.1) is 0 Å². The molecule has 1 aromatic carbocycles. The van der Waals surface area contributed by atoms with Gasteiger partial charge >= 0.3 is 6.09 Å². The van der Waals surface area contributed by atoms with Gasteiger partial charge in [0, 0.05) is 22.4 Å². The number of alkyl carbamates (subject to hydrolysis) is 1. The Balaban J connectivity index is 2.03. The van der Waals surface area contributed by atoms with E-state index in [0.29, 0.717) is 10.0 Å². The molecule has 2 unspecified atom stereocenters. The molecular formula is C14H9BrF2N2O2. The molecule has 0 aliphatic carbocycles. The number of ether oxygens (including phenoxy) is 1. The first-order valence-corrected chi connectivity index (χ1v) is 6.86. The summed E-state index contributed by atoms with van der Waals surface area (Å²) in [6.07, 6.45) is 1.48. The Kier molecular flexibility index (Phi) is 3.59. The molecule has 108 valence electrons. The molecule has 21 heavy (non-hydrogen) atoms. The first-order chi connectivity index (χ1) is 10.0. The van der Waals surface area contributed by atoms with Gasteiger partial charge in [0.2, 0.25) is 0 Å². The first kappa shape index (κ1) is 13.9. The van der Waals surface area contributed by atoms with Crippen molar-refractivity contribution in [2.75, 3.05) is 0 Å². The topological polar surface area (TPSA) is 51.2 Å². The van der Waals surface area contributed by atoms with Gasteiger partial charge in [-0.3, -0.25) is 4.98 Å². The standard InChI is InChI=1S/C14H9BrF2N2O2/c15-8-3-7(5-18-6-8)12-13(21-14(20)19-12)10-4-9(16)1-2-11(10)17/h1-6,12-13H,(H,19,20). The zero-order chi connectivity index (χ0) is 15.0. The van der Waals surface area contributed by atoms with Crippen molar-refractivity contribution in [3.8, 4) is 0 Å². The van der Waals surface area contributed by atoms with Gasteiger partial charge in [-0.05, 0) is 45.8 Å². The molecule has 0 saturated carbocycles. The highest BCUT2D eigenvalue weighted by molar-refractivity contribution is 9.10. The molecule has 1 aromatic heterocycles. The number of nitrogens with one attached hydrogen (secondary N) is 1. The van der Waals surface area contributed by atoms with E-state index in [9.17, 15) is 13.6 Å². The molecule has 7 heteroatoms. The van der Waals surface area contributed by atoms with E-state index >= 15 is 0 Å². The third-order valence-corrected chi connectivity index (χ3v) is 3.59. The van der Waals surface area contributed by atoms with Crippen LogP contribution in [-0.2, 0) is 4.74 Å². The molecule has 4 nitrogen and oxygen atoms in total. The lowest BCUT2D eigenvalue weighted by Gasteiger charge is -2.18. The number of nitrogens with zero attached hydrogens (tertiary/aromatic N) is 1. The summed E-state index contributed by atoms with van der Waals surface area (Å²) in [5.41, 5.74) is 0.613. The number of carbonyl (C=O) groups is 1. The van der Waals surface area contributed by atoms with E-state index in [1.54, 1.807) is 12.3 Å². The highest BCUT2D eigenvalue weighted by atomic mass is 79.9. The van der Waals surface area contributed by atoms with Crippen LogP contribution in [0.4, 0.5) is 13.6 Å². The molecule has 0 bridgehead atoms. The minimum atomic E-state index is -0.954. The van der Waals surface area contributed by atoms with Crippen molar-refractivity contribution >= 4 is 22.0 Å². The third kappa shape index (κ3) is 2.73. The number of carbonyl (C=O) groups excluding carboxylic acids is 1. The summed E-state index contributed by atoms with van der Waals surface area (Å²) in [4.78, 5) is 15.5. The fraction of sp³-hybridized carbons (Fsp3) is 0.143. The molecule has 1 aliphatic heterocycles. The van der Waals surface area contributed by atoms with Crippen LogP contribution in [0, 0.1) is 11.6 Å². The molecule has 1 amide bonds. The van der Waals surface area contributed by atoms with Gasteiger partial charge in [-0.1, -0.05) is 0 Å². The van der Waals surface area contributed by atoms with E-state index in [0.717, 1.165) is 18.2 Å². The van der Waals surface area contributed by atoms with Crippen LogP contribution in [0.1, 0.15) is 23.3 Å². The predicted molar refractivity (Wildman–Crippen MR) is 73.4 cm³/mol. The van der Waals surface area contributed by atoms with E-state index in [1.165, 1.54) is 6.20 Å². The summed E-state index contributed by atoms with van der Waals surface area (Å²) in [6.45, 7) is 0. The fourth-order valence-corrected chi connectivity index (χ4v) is 2.63. The Morgan fingerprint density at radius 1 is 1.24 bits per heavy atom. The molecule has 1 N–H and O–H groups in total. The van der Waals surface area contributed by atoms with Gasteiger partial charge in [0.15, 0.2) is 6.10 Å². The Morgan fingerprint density at radius 2 is 2.05 bits per heavy atom. The maximum atomic E-state index is 13.9. The summed E-state index contributed by atoms with van der Waals surface area (Å²) < 4.78 is 33.0. The molecule has 0 radical (unpaired) electrons. The summed E-state index contributed by atoms with van der Waals surface area (Å²) in [6, 6.07) is 4.14. The van der Waals surface area contributed by atoms with Gasteiger partial charge < -0.3 is 10.1 Å². The molecular weight excluding hydrogens is 346 g/mol. The molecule has 0 spiro atoms. The lowest BCUT2D eigenvalue weighted by molar-refractivity contribution is 0.130. The summed E-state index contributed by atoms with van der Waals surface area (Å²) >= 11 is 3.28. The van der Waals surface area contributed by atoms with Crippen LogP contribution < -0.4 is 5.32 Å². The first-order valence-electron chi connectivity index (χ1n) is 6.07. The number of aromatic nitrogens is 1. The minimum Gasteiger partial charge on any atom is -0.439 e. The van der Waals surface area contributed by atoms with Crippen LogP contribution in [0.15, 0.2) is 41.1 Å². The van der Waals surface area contributed by atoms with E-state index in [2.05, 4.69) is 26.2 Å². The van der Waals surface area contributed by atoms with Gasteiger partial charge in [0.25, 0.3) is 0 Å². The number of hydrogen-bond donors (Lipinski definition) is 1. The van der Waals surface area contributed by atoms with E-state index in [-0.39, 0.29) is 5.56 Å². The average molecular weight is 355 g/mol. The Morgan fingerprint density at radius 3 is 2.81 bits per heavy atom. The van der Waals surface area contributed by atoms with Crippen LogP contribution in [0.25, 0.3) is 0 Å². The lowest BCUT2D eigenvalue weighted by Crippen LogP contribution is -2.20. The molecule has 3 rings (SSSR count). The van der Waals surface area contributed by atoms with Gasteiger partial charge in [0.1, 0.15) is 17.7 Å². The van der Waals surface area contributed by atoms with Crippen molar-refractivity contribution in [1.29, 1.82) is 0 Å². The van der Waals surface area contributed by atoms with Gasteiger partial charge in [-0.25, -0.2) is 13.6 Å². The maximum absolute atomic E-state index is 13.9. The molecule has 2 atom stereocenters. The zero-order valence-electron chi connectivity index (χ0n) is 10.5. The van der Waals surface area contributed by atoms with E-state index in [4.69, 9.17) is 4.74 Å². The normalized spacial score (nSPS) is 21.0. The molecule has 2 heterocycles. The lowest BCUT2D eigenvalue weighted by atomic mass is 9.97. The van der Waals surface area contributed by atoms with Crippen LogP contribution in [-0.4, -0.2) is 11.1 Å². The monoisotopic (exact) mass is 354 g/mol.